The molecule has 1 aliphatic rings. The van der Waals surface area contributed by atoms with Gasteiger partial charge in [-0.25, -0.2) is 4.98 Å². The summed E-state index contributed by atoms with van der Waals surface area (Å²) in [6, 6.07) is 5.68. The van der Waals surface area contributed by atoms with Crippen molar-refractivity contribution in [3.8, 4) is 11.5 Å². The molecule has 2 amide bonds. The molecule has 9 nitrogen and oxygen atoms in total. The minimum atomic E-state index is -0.136. The van der Waals surface area contributed by atoms with E-state index in [4.69, 9.17) is 0 Å². The number of carbonyl (C=O) groups is 2. The van der Waals surface area contributed by atoms with Gasteiger partial charge >= 0.3 is 0 Å². The smallest absolute Gasteiger partial charge is 0.255 e. The number of rotatable bonds is 6. The highest BCUT2D eigenvalue weighted by Gasteiger charge is 2.25. The summed E-state index contributed by atoms with van der Waals surface area (Å²) in [5.41, 5.74) is 3.92. The number of aromatic amines is 2. The number of aryl methyl sites for hydroxylation is 1. The lowest BCUT2D eigenvalue weighted by atomic mass is 10.0. The second-order valence-corrected chi connectivity index (χ2v) is 9.09. The minimum Gasteiger partial charge on any atom is -0.349 e. The number of amides is 2. The van der Waals surface area contributed by atoms with Crippen LogP contribution in [-0.4, -0.2) is 63.1 Å². The molecule has 1 fully saturated rings. The van der Waals surface area contributed by atoms with Crippen molar-refractivity contribution < 1.29 is 9.59 Å². The van der Waals surface area contributed by atoms with Crippen LogP contribution in [-0.2, 0) is 4.79 Å². The zero-order valence-electron chi connectivity index (χ0n) is 19.1. The number of nitrogens with one attached hydrogen (secondary N) is 4. The number of H-pyrrole nitrogens is 2. The van der Waals surface area contributed by atoms with E-state index in [0.717, 1.165) is 37.0 Å². The van der Waals surface area contributed by atoms with Crippen LogP contribution in [0.3, 0.4) is 0 Å². The number of carbonyl (C=O) groups excluding carboxylic acids is 2. The van der Waals surface area contributed by atoms with E-state index in [9.17, 15) is 9.59 Å². The molecule has 4 N–H and O–H groups in total. The van der Waals surface area contributed by atoms with Gasteiger partial charge in [-0.1, -0.05) is 13.8 Å². The first kappa shape index (κ1) is 22.0. The molecule has 32 heavy (non-hydrogen) atoms. The van der Waals surface area contributed by atoms with Gasteiger partial charge in [0.1, 0.15) is 5.69 Å². The molecule has 3 aromatic rings. The molecule has 0 radical (unpaired) electrons. The van der Waals surface area contributed by atoms with Crippen LogP contribution in [0.15, 0.2) is 18.2 Å². The van der Waals surface area contributed by atoms with Gasteiger partial charge in [-0.3, -0.25) is 14.7 Å². The van der Waals surface area contributed by atoms with Crippen LogP contribution < -0.4 is 10.6 Å². The molecule has 0 atom stereocenters. The molecule has 0 saturated carbocycles. The Labute approximate surface area is 187 Å². The van der Waals surface area contributed by atoms with Crippen molar-refractivity contribution in [1.82, 2.24) is 30.4 Å². The highest BCUT2D eigenvalue weighted by Crippen LogP contribution is 2.26. The van der Waals surface area contributed by atoms with Crippen LogP contribution >= 0.6 is 0 Å². The highest BCUT2D eigenvalue weighted by atomic mass is 16.2. The Morgan fingerprint density at radius 1 is 1.25 bits per heavy atom. The molecule has 0 bridgehead atoms. The van der Waals surface area contributed by atoms with E-state index in [2.05, 4.69) is 42.7 Å². The highest BCUT2D eigenvalue weighted by molar-refractivity contribution is 6.01. The fraction of sp³-hybridized carbons (Fsp3) is 0.478. The first-order chi connectivity index (χ1) is 15.3. The fourth-order valence-electron chi connectivity index (χ4n) is 4.07. The Bertz CT molecular complexity index is 1120. The van der Waals surface area contributed by atoms with Crippen LogP contribution in [0.25, 0.3) is 22.6 Å². The van der Waals surface area contributed by atoms with E-state index < -0.39 is 0 Å². The summed E-state index contributed by atoms with van der Waals surface area (Å²) >= 11 is 0. The van der Waals surface area contributed by atoms with Crippen molar-refractivity contribution in [2.24, 2.45) is 5.92 Å². The van der Waals surface area contributed by atoms with Gasteiger partial charge in [0.15, 0.2) is 5.82 Å². The van der Waals surface area contributed by atoms with Crippen LogP contribution in [0.5, 0.6) is 0 Å². The second kappa shape index (κ2) is 9.12. The quantitative estimate of drug-likeness (QED) is 0.473. The van der Waals surface area contributed by atoms with Crippen molar-refractivity contribution in [3.05, 3.63) is 29.5 Å². The molecule has 2 aromatic heterocycles. The summed E-state index contributed by atoms with van der Waals surface area (Å²) in [4.78, 5) is 35.3. The van der Waals surface area contributed by atoms with Crippen molar-refractivity contribution >= 4 is 28.5 Å². The molecule has 0 aliphatic carbocycles. The Morgan fingerprint density at radius 3 is 2.72 bits per heavy atom. The minimum absolute atomic E-state index is 0.0186. The van der Waals surface area contributed by atoms with Crippen LogP contribution in [0.1, 0.15) is 49.2 Å². The molecular formula is C23H31N7O2. The van der Waals surface area contributed by atoms with Gasteiger partial charge in [-0.05, 0) is 64.0 Å². The van der Waals surface area contributed by atoms with E-state index in [1.165, 1.54) is 0 Å². The summed E-state index contributed by atoms with van der Waals surface area (Å²) in [5, 5.41) is 13.4. The monoisotopic (exact) mass is 437 g/mol. The van der Waals surface area contributed by atoms with Crippen molar-refractivity contribution in [3.63, 3.8) is 0 Å². The number of anilines is 1. The predicted octanol–water partition coefficient (Wildman–Crippen LogP) is 3.07. The van der Waals surface area contributed by atoms with Gasteiger partial charge < -0.3 is 20.5 Å². The standard InChI is InChI=1S/C23H31N7O2/c1-13(2)11-19(31)24-16-5-6-17-18(12-16)27-22(26-17)21-20(14(3)28-29-21)23(32)25-15-7-9-30(4)10-8-15/h5-6,12-13,15H,7-11H2,1-4H3,(H,24,31)(H,25,32)(H,26,27)(H,28,29). The number of imidazole rings is 1. The lowest BCUT2D eigenvalue weighted by molar-refractivity contribution is -0.116. The normalized spacial score (nSPS) is 15.4. The number of likely N-dealkylation sites (tertiary alicyclic amines) is 1. The molecule has 9 heteroatoms. The first-order valence-corrected chi connectivity index (χ1v) is 11.1. The largest absolute Gasteiger partial charge is 0.349 e. The van der Waals surface area contributed by atoms with E-state index in [1.807, 2.05) is 39.0 Å². The number of nitrogens with zero attached hydrogens (tertiary/aromatic N) is 3. The van der Waals surface area contributed by atoms with E-state index in [-0.39, 0.29) is 17.9 Å². The molecule has 0 spiro atoms. The van der Waals surface area contributed by atoms with Gasteiger partial charge in [0.05, 0.1) is 16.6 Å². The van der Waals surface area contributed by atoms with Crippen LogP contribution in [0.4, 0.5) is 5.69 Å². The van der Waals surface area contributed by atoms with E-state index >= 15 is 0 Å². The summed E-state index contributed by atoms with van der Waals surface area (Å²) in [6.45, 7) is 7.81. The lowest BCUT2D eigenvalue weighted by Crippen LogP contribution is -2.43. The third kappa shape index (κ3) is 4.83. The zero-order chi connectivity index (χ0) is 22.8. The van der Waals surface area contributed by atoms with E-state index in [1.54, 1.807) is 0 Å². The van der Waals surface area contributed by atoms with Gasteiger partial charge in [0, 0.05) is 23.8 Å². The molecule has 4 rings (SSSR count). The van der Waals surface area contributed by atoms with Gasteiger partial charge in [-0.2, -0.15) is 5.10 Å². The number of aromatic nitrogens is 4. The molecular weight excluding hydrogens is 406 g/mol. The van der Waals surface area contributed by atoms with Crippen molar-refractivity contribution in [2.75, 3.05) is 25.5 Å². The van der Waals surface area contributed by atoms with E-state index in [0.29, 0.717) is 40.8 Å². The maximum absolute atomic E-state index is 13.1. The maximum atomic E-state index is 13.1. The summed E-state index contributed by atoms with van der Waals surface area (Å²) in [7, 11) is 2.10. The first-order valence-electron chi connectivity index (χ1n) is 11.1. The SMILES string of the molecule is Cc1[nH]nc(-c2nc3ccc(NC(=O)CC(C)C)cc3[nH]2)c1C(=O)NC1CCN(C)CC1. The fourth-order valence-corrected chi connectivity index (χ4v) is 4.07. The van der Waals surface area contributed by atoms with Crippen LogP contribution in [0, 0.1) is 12.8 Å². The molecule has 1 saturated heterocycles. The second-order valence-electron chi connectivity index (χ2n) is 9.09. The Hall–Kier alpha value is -3.20. The van der Waals surface area contributed by atoms with Gasteiger partial charge in [-0.15, -0.1) is 0 Å². The van der Waals surface area contributed by atoms with Gasteiger partial charge in [0.25, 0.3) is 5.91 Å². The number of hydrogen-bond acceptors (Lipinski definition) is 5. The topological polar surface area (TPSA) is 119 Å². The molecule has 3 heterocycles. The molecule has 1 aliphatic heterocycles. The van der Waals surface area contributed by atoms with Crippen molar-refractivity contribution in [2.45, 2.75) is 46.1 Å². The lowest BCUT2D eigenvalue weighted by Gasteiger charge is -2.29. The average molecular weight is 438 g/mol. The summed E-state index contributed by atoms with van der Waals surface area (Å²) in [5.74, 6) is 0.654. The number of benzene rings is 1. The van der Waals surface area contributed by atoms with Crippen LogP contribution in [0.2, 0.25) is 0 Å². The molecule has 170 valence electrons. The Balaban J connectivity index is 1.55. The third-order valence-electron chi connectivity index (χ3n) is 5.81. The summed E-state index contributed by atoms with van der Waals surface area (Å²) in [6.07, 6.45) is 2.34. The number of fused-ring (bicyclic) bond motifs is 1. The average Bonchev–Trinajstić information content (AvgIpc) is 3.31. The van der Waals surface area contributed by atoms with Crippen molar-refractivity contribution in [1.29, 1.82) is 0 Å². The number of piperidine rings is 1. The summed E-state index contributed by atoms with van der Waals surface area (Å²) < 4.78 is 0. The van der Waals surface area contributed by atoms with Gasteiger partial charge in [0.2, 0.25) is 5.91 Å². The predicted molar refractivity (Wildman–Crippen MR) is 124 cm³/mol. The third-order valence-corrected chi connectivity index (χ3v) is 5.81. The Kier molecular flexibility index (Phi) is 6.27. The molecule has 0 unspecified atom stereocenters. The number of hydrogen-bond donors (Lipinski definition) is 4. The Morgan fingerprint density at radius 2 is 2.00 bits per heavy atom. The molecule has 1 aromatic carbocycles. The zero-order valence-corrected chi connectivity index (χ0v) is 19.1. The maximum Gasteiger partial charge on any atom is 0.255 e.